The van der Waals surface area contributed by atoms with E-state index in [-0.39, 0.29) is 30.9 Å². The SMILES string of the molecule is CN1CCN(Cc2cc(CC(=O)OCC3COc4ccccc4O3)ccc2O)CC1. The fraction of sp³-hybridized carbons (Fsp3) is 0.435. The van der Waals surface area contributed by atoms with Gasteiger partial charge < -0.3 is 24.2 Å². The normalized spacial score (nSPS) is 19.4. The Morgan fingerprint density at radius 2 is 1.90 bits per heavy atom. The molecule has 2 aromatic rings. The second kappa shape index (κ2) is 9.36. The molecule has 0 aromatic heterocycles. The van der Waals surface area contributed by atoms with Gasteiger partial charge in [0.25, 0.3) is 0 Å². The predicted molar refractivity (Wildman–Crippen MR) is 112 cm³/mol. The van der Waals surface area contributed by atoms with Crippen LogP contribution in [0.4, 0.5) is 0 Å². The summed E-state index contributed by atoms with van der Waals surface area (Å²) in [5.41, 5.74) is 1.67. The number of esters is 1. The molecule has 7 nitrogen and oxygen atoms in total. The maximum Gasteiger partial charge on any atom is 0.310 e. The van der Waals surface area contributed by atoms with E-state index in [1.165, 1.54) is 0 Å². The Morgan fingerprint density at radius 3 is 2.70 bits per heavy atom. The number of carbonyl (C=O) groups is 1. The first-order valence-electron chi connectivity index (χ1n) is 10.3. The Morgan fingerprint density at radius 1 is 1.13 bits per heavy atom. The minimum atomic E-state index is -0.325. The van der Waals surface area contributed by atoms with Gasteiger partial charge in [-0.15, -0.1) is 0 Å². The summed E-state index contributed by atoms with van der Waals surface area (Å²) >= 11 is 0. The number of phenols is 1. The second-order valence-corrected chi connectivity index (χ2v) is 7.90. The highest BCUT2D eigenvalue weighted by atomic mass is 16.6. The van der Waals surface area contributed by atoms with Crippen molar-refractivity contribution in [1.82, 2.24) is 9.80 Å². The van der Waals surface area contributed by atoms with Gasteiger partial charge in [0.05, 0.1) is 6.42 Å². The van der Waals surface area contributed by atoms with Gasteiger partial charge in [-0.1, -0.05) is 24.3 Å². The minimum absolute atomic E-state index is 0.138. The van der Waals surface area contributed by atoms with E-state index in [1.807, 2.05) is 30.3 Å². The Hall–Kier alpha value is -2.77. The van der Waals surface area contributed by atoms with E-state index in [9.17, 15) is 9.90 Å². The molecule has 0 spiro atoms. The van der Waals surface area contributed by atoms with Crippen LogP contribution >= 0.6 is 0 Å². The van der Waals surface area contributed by atoms with Crippen LogP contribution in [-0.2, 0) is 22.5 Å². The summed E-state index contributed by atoms with van der Waals surface area (Å²) in [6, 6.07) is 12.8. The number of aromatic hydroxyl groups is 1. The molecular formula is C23H28N2O5. The van der Waals surface area contributed by atoms with Gasteiger partial charge >= 0.3 is 5.97 Å². The molecule has 1 saturated heterocycles. The highest BCUT2D eigenvalue weighted by molar-refractivity contribution is 5.72. The fourth-order valence-electron chi connectivity index (χ4n) is 3.67. The summed E-state index contributed by atoms with van der Waals surface area (Å²) in [6.45, 7) is 5.13. The number of carbonyl (C=O) groups excluding carboxylic acids is 1. The maximum atomic E-state index is 12.3. The highest BCUT2D eigenvalue weighted by Crippen LogP contribution is 2.31. The van der Waals surface area contributed by atoms with Gasteiger partial charge in [-0.25, -0.2) is 0 Å². The summed E-state index contributed by atoms with van der Waals surface area (Å²) in [6.07, 6.45) is -0.170. The van der Waals surface area contributed by atoms with Crippen LogP contribution in [-0.4, -0.2) is 73.4 Å². The van der Waals surface area contributed by atoms with Crippen LogP contribution in [0, 0.1) is 0 Å². The standard InChI is InChI=1S/C23H28N2O5/c1-24-8-10-25(11-9-24)14-18-12-17(6-7-20(18)26)13-23(27)29-16-19-15-28-21-4-2-3-5-22(21)30-19/h2-7,12,19,26H,8-11,13-16H2,1H3. The maximum absolute atomic E-state index is 12.3. The molecule has 1 fully saturated rings. The number of likely N-dealkylation sites (N-methyl/N-ethyl adjacent to an activating group) is 1. The molecule has 0 radical (unpaired) electrons. The highest BCUT2D eigenvalue weighted by Gasteiger charge is 2.22. The largest absolute Gasteiger partial charge is 0.508 e. The fourth-order valence-corrected chi connectivity index (χ4v) is 3.67. The predicted octanol–water partition coefficient (Wildman–Crippen LogP) is 2.07. The lowest BCUT2D eigenvalue weighted by Gasteiger charge is -2.32. The molecule has 0 bridgehead atoms. The van der Waals surface area contributed by atoms with Gasteiger partial charge in [0.1, 0.15) is 19.0 Å². The number of fused-ring (bicyclic) bond motifs is 1. The molecule has 1 N–H and O–H groups in total. The van der Waals surface area contributed by atoms with Gasteiger partial charge in [-0.05, 0) is 30.8 Å². The summed E-state index contributed by atoms with van der Waals surface area (Å²) in [7, 11) is 2.12. The van der Waals surface area contributed by atoms with Crippen LogP contribution < -0.4 is 9.47 Å². The molecular weight excluding hydrogens is 384 g/mol. The molecule has 2 aliphatic rings. The zero-order chi connectivity index (χ0) is 20.9. The number of benzene rings is 2. The third-order valence-corrected chi connectivity index (χ3v) is 5.48. The first-order chi connectivity index (χ1) is 14.6. The van der Waals surface area contributed by atoms with Gasteiger partial charge in [0, 0.05) is 38.3 Å². The van der Waals surface area contributed by atoms with Gasteiger partial charge in [-0.2, -0.15) is 0 Å². The van der Waals surface area contributed by atoms with Gasteiger partial charge in [0.2, 0.25) is 0 Å². The van der Waals surface area contributed by atoms with Crippen molar-refractivity contribution in [3.63, 3.8) is 0 Å². The van der Waals surface area contributed by atoms with Crippen molar-refractivity contribution in [3.05, 3.63) is 53.6 Å². The number of phenolic OH excluding ortho intramolecular Hbond substituents is 1. The van der Waals surface area contributed by atoms with Crippen molar-refractivity contribution in [2.24, 2.45) is 0 Å². The summed E-state index contributed by atoms with van der Waals surface area (Å²) < 4.78 is 16.9. The molecule has 0 saturated carbocycles. The molecule has 30 heavy (non-hydrogen) atoms. The van der Waals surface area contributed by atoms with E-state index in [2.05, 4.69) is 16.8 Å². The van der Waals surface area contributed by atoms with Crippen molar-refractivity contribution >= 4 is 5.97 Å². The molecule has 160 valence electrons. The molecule has 2 aromatic carbocycles. The average Bonchev–Trinajstić information content (AvgIpc) is 2.76. The Balaban J connectivity index is 1.28. The number of para-hydroxylation sites is 2. The molecule has 1 atom stereocenters. The van der Waals surface area contributed by atoms with E-state index < -0.39 is 0 Å². The van der Waals surface area contributed by atoms with E-state index in [0.29, 0.717) is 24.7 Å². The number of hydrogen-bond acceptors (Lipinski definition) is 7. The first kappa shape index (κ1) is 20.5. The third-order valence-electron chi connectivity index (χ3n) is 5.48. The molecule has 2 heterocycles. The number of nitrogens with zero attached hydrogens (tertiary/aromatic N) is 2. The Kier molecular flexibility index (Phi) is 6.40. The summed E-state index contributed by atoms with van der Waals surface area (Å²) in [5, 5.41) is 10.2. The molecule has 7 heteroatoms. The lowest BCUT2D eigenvalue weighted by atomic mass is 10.1. The quantitative estimate of drug-likeness (QED) is 0.729. The summed E-state index contributed by atoms with van der Waals surface area (Å²) in [4.78, 5) is 16.9. The van der Waals surface area contributed by atoms with Crippen LogP contribution in [0.15, 0.2) is 42.5 Å². The summed E-state index contributed by atoms with van der Waals surface area (Å²) in [5.74, 6) is 1.31. The van der Waals surface area contributed by atoms with Crippen molar-refractivity contribution in [3.8, 4) is 17.2 Å². The lowest BCUT2D eigenvalue weighted by Crippen LogP contribution is -2.43. The topological polar surface area (TPSA) is 71.5 Å². The first-order valence-corrected chi connectivity index (χ1v) is 10.3. The third kappa shape index (κ3) is 5.23. The number of ether oxygens (including phenoxy) is 3. The Labute approximate surface area is 176 Å². The van der Waals surface area contributed by atoms with E-state index >= 15 is 0 Å². The van der Waals surface area contributed by atoms with Crippen LogP contribution in [0.2, 0.25) is 0 Å². The average molecular weight is 412 g/mol. The monoisotopic (exact) mass is 412 g/mol. The smallest absolute Gasteiger partial charge is 0.310 e. The number of piperazine rings is 1. The van der Waals surface area contributed by atoms with Crippen molar-refractivity contribution in [2.45, 2.75) is 19.1 Å². The molecule has 2 aliphatic heterocycles. The second-order valence-electron chi connectivity index (χ2n) is 7.90. The van der Waals surface area contributed by atoms with Crippen molar-refractivity contribution in [1.29, 1.82) is 0 Å². The lowest BCUT2D eigenvalue weighted by molar-refractivity contribution is -0.146. The van der Waals surface area contributed by atoms with Gasteiger partial charge in [-0.3, -0.25) is 9.69 Å². The van der Waals surface area contributed by atoms with E-state index in [0.717, 1.165) is 37.3 Å². The zero-order valence-electron chi connectivity index (χ0n) is 17.3. The van der Waals surface area contributed by atoms with Crippen molar-refractivity contribution in [2.75, 3.05) is 46.4 Å². The number of hydrogen-bond donors (Lipinski definition) is 1. The van der Waals surface area contributed by atoms with E-state index in [4.69, 9.17) is 14.2 Å². The van der Waals surface area contributed by atoms with Crippen molar-refractivity contribution < 1.29 is 24.1 Å². The van der Waals surface area contributed by atoms with Crippen LogP contribution in [0.3, 0.4) is 0 Å². The zero-order valence-corrected chi connectivity index (χ0v) is 17.3. The van der Waals surface area contributed by atoms with E-state index in [1.54, 1.807) is 12.1 Å². The van der Waals surface area contributed by atoms with Crippen LogP contribution in [0.1, 0.15) is 11.1 Å². The molecule has 0 aliphatic carbocycles. The molecule has 4 rings (SSSR count). The van der Waals surface area contributed by atoms with Crippen LogP contribution in [0.5, 0.6) is 17.2 Å². The Bertz CT molecular complexity index is 880. The van der Waals surface area contributed by atoms with Gasteiger partial charge in [0.15, 0.2) is 17.6 Å². The number of rotatable bonds is 6. The van der Waals surface area contributed by atoms with Crippen LogP contribution in [0.25, 0.3) is 0 Å². The minimum Gasteiger partial charge on any atom is -0.508 e. The molecule has 1 unspecified atom stereocenters. The molecule has 0 amide bonds.